The second-order valence-corrected chi connectivity index (χ2v) is 2.94. The molecule has 0 fully saturated rings. The highest BCUT2D eigenvalue weighted by Gasteiger charge is 2.00. The van der Waals surface area contributed by atoms with Gasteiger partial charge in [0.05, 0.1) is 10.7 Å². The van der Waals surface area contributed by atoms with Gasteiger partial charge in [0, 0.05) is 17.8 Å². The van der Waals surface area contributed by atoms with E-state index in [0.717, 1.165) is 10.8 Å². The van der Waals surface area contributed by atoms with Crippen LogP contribution in [0.3, 0.4) is 0 Å². The van der Waals surface area contributed by atoms with Crippen LogP contribution in [0.2, 0.25) is 5.02 Å². The molecule has 0 saturated carbocycles. The number of rotatable bonds is 0. The molecule has 2 rings (SSSR count). The van der Waals surface area contributed by atoms with E-state index in [1.54, 1.807) is 18.5 Å². The normalized spacial score (nSPS) is 10.4. The van der Waals surface area contributed by atoms with Crippen molar-refractivity contribution in [1.29, 1.82) is 0 Å². The first-order valence-electron chi connectivity index (χ1n) is 3.57. The van der Waals surface area contributed by atoms with Crippen LogP contribution in [0.15, 0.2) is 30.6 Å². The predicted octanol–water partition coefficient (Wildman–Crippen LogP) is 2.47. The van der Waals surface area contributed by atoms with Crippen molar-refractivity contribution in [2.24, 2.45) is 0 Å². The zero-order valence-electron chi connectivity index (χ0n) is 6.29. The third-order valence-electron chi connectivity index (χ3n) is 1.79. The Labute approximate surface area is 75.0 Å². The maximum atomic E-state index is 5.96. The summed E-state index contributed by atoms with van der Waals surface area (Å²) in [5.74, 6) is 0. The standard InChI is InChI=1S/C9H7ClN2/c10-9-7-5-12-4-3-6(7)1-2-8(9)11/h1-5H,11H2. The lowest BCUT2D eigenvalue weighted by molar-refractivity contribution is 1.36. The Hall–Kier alpha value is -1.28. The first-order chi connectivity index (χ1) is 5.79. The average molecular weight is 179 g/mol. The highest BCUT2D eigenvalue weighted by atomic mass is 35.5. The number of hydrogen-bond acceptors (Lipinski definition) is 2. The Balaban J connectivity index is 2.91. The van der Waals surface area contributed by atoms with E-state index < -0.39 is 0 Å². The molecule has 3 heteroatoms. The van der Waals surface area contributed by atoms with Crippen molar-refractivity contribution in [2.45, 2.75) is 0 Å². The van der Waals surface area contributed by atoms with Crippen molar-refractivity contribution >= 4 is 28.1 Å². The second-order valence-electron chi connectivity index (χ2n) is 2.57. The number of nitrogens with two attached hydrogens (primary N) is 1. The van der Waals surface area contributed by atoms with E-state index in [2.05, 4.69) is 4.98 Å². The van der Waals surface area contributed by atoms with Crippen molar-refractivity contribution in [2.75, 3.05) is 5.73 Å². The van der Waals surface area contributed by atoms with Gasteiger partial charge in [0.2, 0.25) is 0 Å². The van der Waals surface area contributed by atoms with Gasteiger partial charge in [0.1, 0.15) is 0 Å². The summed E-state index contributed by atoms with van der Waals surface area (Å²) in [6, 6.07) is 5.63. The number of nitrogen functional groups attached to an aromatic ring is 1. The molecule has 1 heterocycles. The van der Waals surface area contributed by atoms with Gasteiger partial charge in [-0.25, -0.2) is 0 Å². The summed E-state index contributed by atoms with van der Waals surface area (Å²) >= 11 is 5.96. The SMILES string of the molecule is Nc1ccc2ccncc2c1Cl. The number of benzene rings is 1. The first kappa shape index (κ1) is 7.37. The fourth-order valence-corrected chi connectivity index (χ4v) is 1.36. The first-order valence-corrected chi connectivity index (χ1v) is 3.94. The van der Waals surface area contributed by atoms with E-state index in [1.165, 1.54) is 0 Å². The van der Waals surface area contributed by atoms with Crippen molar-refractivity contribution in [3.63, 3.8) is 0 Å². The molecule has 2 aromatic rings. The molecule has 0 saturated heterocycles. The average Bonchev–Trinajstić information content (AvgIpc) is 2.12. The fraction of sp³-hybridized carbons (Fsp3) is 0. The third kappa shape index (κ3) is 1.01. The van der Waals surface area contributed by atoms with Crippen LogP contribution in [0, 0.1) is 0 Å². The minimum atomic E-state index is 0.584. The summed E-state index contributed by atoms with van der Waals surface area (Å²) in [5, 5.41) is 2.55. The van der Waals surface area contributed by atoms with Gasteiger partial charge in [0.15, 0.2) is 0 Å². The molecular formula is C9H7ClN2. The summed E-state index contributed by atoms with van der Waals surface area (Å²) in [6.45, 7) is 0. The number of nitrogens with zero attached hydrogens (tertiary/aromatic N) is 1. The summed E-state index contributed by atoms with van der Waals surface area (Å²) in [6.07, 6.45) is 3.45. The van der Waals surface area contributed by atoms with Gasteiger partial charge in [-0.05, 0) is 17.5 Å². The Morgan fingerprint density at radius 3 is 2.92 bits per heavy atom. The molecule has 2 nitrogen and oxygen atoms in total. The monoisotopic (exact) mass is 178 g/mol. The van der Waals surface area contributed by atoms with Gasteiger partial charge in [-0.15, -0.1) is 0 Å². The van der Waals surface area contributed by atoms with E-state index in [-0.39, 0.29) is 0 Å². The van der Waals surface area contributed by atoms with Gasteiger partial charge in [0.25, 0.3) is 0 Å². The molecular weight excluding hydrogens is 172 g/mol. The Kier molecular flexibility index (Phi) is 1.62. The summed E-state index contributed by atoms with van der Waals surface area (Å²) in [5.41, 5.74) is 6.22. The van der Waals surface area contributed by atoms with Crippen LogP contribution >= 0.6 is 11.6 Å². The van der Waals surface area contributed by atoms with Crippen molar-refractivity contribution in [1.82, 2.24) is 4.98 Å². The highest BCUT2D eigenvalue weighted by molar-refractivity contribution is 6.38. The van der Waals surface area contributed by atoms with Gasteiger partial charge in [-0.3, -0.25) is 4.98 Å². The van der Waals surface area contributed by atoms with Crippen LogP contribution < -0.4 is 5.73 Å². The lowest BCUT2D eigenvalue weighted by atomic mass is 10.1. The van der Waals surface area contributed by atoms with Crippen molar-refractivity contribution < 1.29 is 0 Å². The Bertz CT molecular complexity index is 426. The van der Waals surface area contributed by atoms with Crippen molar-refractivity contribution in [3.05, 3.63) is 35.6 Å². The Morgan fingerprint density at radius 1 is 1.25 bits per heavy atom. The second kappa shape index (κ2) is 2.64. The zero-order valence-corrected chi connectivity index (χ0v) is 7.05. The largest absolute Gasteiger partial charge is 0.398 e. The fourth-order valence-electron chi connectivity index (χ4n) is 1.14. The molecule has 2 N–H and O–H groups in total. The number of fused-ring (bicyclic) bond motifs is 1. The van der Waals surface area contributed by atoms with E-state index >= 15 is 0 Å². The lowest BCUT2D eigenvalue weighted by Crippen LogP contribution is -1.86. The van der Waals surface area contributed by atoms with Crippen LogP contribution in [-0.2, 0) is 0 Å². The van der Waals surface area contributed by atoms with Crippen LogP contribution in [0.1, 0.15) is 0 Å². The van der Waals surface area contributed by atoms with Crippen LogP contribution in [-0.4, -0.2) is 4.98 Å². The molecule has 60 valence electrons. The molecule has 0 aliphatic heterocycles. The van der Waals surface area contributed by atoms with E-state index in [9.17, 15) is 0 Å². The summed E-state index contributed by atoms with van der Waals surface area (Å²) < 4.78 is 0. The molecule has 12 heavy (non-hydrogen) atoms. The molecule has 0 aliphatic carbocycles. The highest BCUT2D eigenvalue weighted by Crippen LogP contribution is 2.27. The predicted molar refractivity (Wildman–Crippen MR) is 51.2 cm³/mol. The zero-order chi connectivity index (χ0) is 8.55. The van der Waals surface area contributed by atoms with Gasteiger partial charge < -0.3 is 5.73 Å². The molecule has 0 spiro atoms. The van der Waals surface area contributed by atoms with Crippen LogP contribution in [0.25, 0.3) is 10.8 Å². The molecule has 0 radical (unpaired) electrons. The number of halogens is 1. The molecule has 0 bridgehead atoms. The molecule has 0 amide bonds. The quantitative estimate of drug-likeness (QED) is 0.630. The molecule has 0 unspecified atom stereocenters. The van der Waals surface area contributed by atoms with Crippen molar-refractivity contribution in [3.8, 4) is 0 Å². The van der Waals surface area contributed by atoms with Gasteiger partial charge >= 0.3 is 0 Å². The smallest absolute Gasteiger partial charge is 0.0729 e. The minimum Gasteiger partial charge on any atom is -0.398 e. The van der Waals surface area contributed by atoms with Crippen LogP contribution in [0.4, 0.5) is 5.69 Å². The number of anilines is 1. The minimum absolute atomic E-state index is 0.584. The van der Waals surface area contributed by atoms with E-state index in [4.69, 9.17) is 17.3 Å². The number of pyridine rings is 1. The van der Waals surface area contributed by atoms with Gasteiger partial charge in [-0.1, -0.05) is 17.7 Å². The third-order valence-corrected chi connectivity index (χ3v) is 2.21. The number of aromatic nitrogens is 1. The maximum Gasteiger partial charge on any atom is 0.0729 e. The molecule has 1 aromatic carbocycles. The molecule has 0 aliphatic rings. The van der Waals surface area contributed by atoms with Crippen LogP contribution in [0.5, 0.6) is 0 Å². The number of hydrogen-bond donors (Lipinski definition) is 1. The van der Waals surface area contributed by atoms with Gasteiger partial charge in [-0.2, -0.15) is 0 Å². The summed E-state index contributed by atoms with van der Waals surface area (Å²) in [7, 11) is 0. The Morgan fingerprint density at radius 2 is 2.08 bits per heavy atom. The van der Waals surface area contributed by atoms with E-state index in [0.29, 0.717) is 10.7 Å². The molecule has 1 aromatic heterocycles. The molecule has 0 atom stereocenters. The van der Waals surface area contributed by atoms with E-state index in [1.807, 2.05) is 12.1 Å². The maximum absolute atomic E-state index is 5.96. The topological polar surface area (TPSA) is 38.9 Å². The lowest BCUT2D eigenvalue weighted by Gasteiger charge is -2.01. The summed E-state index contributed by atoms with van der Waals surface area (Å²) in [4.78, 5) is 3.97.